The molecule has 3 nitrogen and oxygen atoms in total. The normalized spacial score (nSPS) is 25.8. The Hall–Kier alpha value is -1.35. The van der Waals surface area contributed by atoms with Gasteiger partial charge in [0.25, 0.3) is 0 Å². The third-order valence-electron chi connectivity index (χ3n) is 5.11. The summed E-state index contributed by atoms with van der Waals surface area (Å²) in [5, 5.41) is 3.53. The number of nitrogens with zero attached hydrogens (tertiary/aromatic N) is 1. The van der Waals surface area contributed by atoms with E-state index in [1.165, 1.54) is 48.9 Å². The zero-order chi connectivity index (χ0) is 14.2. The van der Waals surface area contributed by atoms with Crippen molar-refractivity contribution in [1.82, 2.24) is 5.32 Å². The lowest BCUT2D eigenvalue weighted by Crippen LogP contribution is -2.51. The predicted molar refractivity (Wildman–Crippen MR) is 84.6 cm³/mol. The van der Waals surface area contributed by atoms with E-state index in [1.54, 1.807) is 0 Å². The third-order valence-corrected chi connectivity index (χ3v) is 5.11. The highest BCUT2D eigenvalue weighted by atomic mass is 16.2. The van der Waals surface area contributed by atoms with Gasteiger partial charge in [-0.25, -0.2) is 0 Å². The maximum absolute atomic E-state index is 12.8. The molecule has 3 aliphatic rings. The summed E-state index contributed by atoms with van der Waals surface area (Å²) in [6.07, 6.45) is 9.45. The molecule has 4 rings (SSSR count). The van der Waals surface area contributed by atoms with Crippen LogP contribution in [0, 0.1) is 0 Å². The lowest BCUT2D eigenvalue weighted by molar-refractivity contribution is -0.121. The van der Waals surface area contributed by atoms with Gasteiger partial charge in [-0.05, 0) is 68.6 Å². The Labute approximate surface area is 126 Å². The number of benzene rings is 1. The summed E-state index contributed by atoms with van der Waals surface area (Å²) in [5.41, 5.74) is 4.09. The second-order valence-electron chi connectivity index (χ2n) is 6.75. The first-order chi connectivity index (χ1) is 10.3. The van der Waals surface area contributed by atoms with Crippen LogP contribution in [0.3, 0.4) is 0 Å². The van der Waals surface area contributed by atoms with Crippen LogP contribution in [-0.2, 0) is 17.6 Å². The molecule has 1 N–H and O–H groups in total. The number of anilines is 1. The van der Waals surface area contributed by atoms with Gasteiger partial charge in [-0.3, -0.25) is 4.79 Å². The summed E-state index contributed by atoms with van der Waals surface area (Å²) >= 11 is 0. The minimum Gasteiger partial charge on any atom is -0.311 e. The van der Waals surface area contributed by atoms with Crippen molar-refractivity contribution in [3.8, 4) is 0 Å². The van der Waals surface area contributed by atoms with Crippen molar-refractivity contribution < 1.29 is 4.79 Å². The standard InChI is InChI=1S/C18H24N2O/c21-18-16(19-14-10-11-14)8-4-12-20(18)17-9-3-6-13-5-1-2-7-15(13)17/h3,6,9,14,16,19H,1-2,4-5,7-8,10-12H2. The second-order valence-corrected chi connectivity index (χ2v) is 6.75. The van der Waals surface area contributed by atoms with Gasteiger partial charge in [0.05, 0.1) is 6.04 Å². The molecule has 2 aliphatic carbocycles. The number of hydrogen-bond acceptors (Lipinski definition) is 2. The summed E-state index contributed by atoms with van der Waals surface area (Å²) in [6, 6.07) is 7.17. The van der Waals surface area contributed by atoms with Crippen LogP contribution in [-0.4, -0.2) is 24.5 Å². The van der Waals surface area contributed by atoms with E-state index in [0.29, 0.717) is 11.9 Å². The number of carbonyl (C=O) groups is 1. The van der Waals surface area contributed by atoms with E-state index in [-0.39, 0.29) is 6.04 Å². The van der Waals surface area contributed by atoms with Crippen LogP contribution in [0.25, 0.3) is 0 Å². The number of hydrogen-bond donors (Lipinski definition) is 1. The highest BCUT2D eigenvalue weighted by molar-refractivity contribution is 5.98. The Morgan fingerprint density at radius 3 is 2.76 bits per heavy atom. The van der Waals surface area contributed by atoms with Crippen LogP contribution in [0.15, 0.2) is 18.2 Å². The Balaban J connectivity index is 1.61. The molecule has 0 radical (unpaired) electrons. The maximum Gasteiger partial charge on any atom is 0.244 e. The largest absolute Gasteiger partial charge is 0.311 e. The van der Waals surface area contributed by atoms with Gasteiger partial charge in [-0.2, -0.15) is 0 Å². The summed E-state index contributed by atoms with van der Waals surface area (Å²) in [7, 11) is 0. The van der Waals surface area contributed by atoms with Crippen molar-refractivity contribution in [2.45, 2.75) is 63.5 Å². The fourth-order valence-corrected chi connectivity index (χ4v) is 3.82. The van der Waals surface area contributed by atoms with E-state index in [0.717, 1.165) is 25.8 Å². The molecule has 112 valence electrons. The summed E-state index contributed by atoms with van der Waals surface area (Å²) in [4.78, 5) is 14.9. The lowest BCUT2D eigenvalue weighted by Gasteiger charge is -2.35. The van der Waals surface area contributed by atoms with Crippen molar-refractivity contribution in [3.05, 3.63) is 29.3 Å². The minimum absolute atomic E-state index is 0.0469. The quantitative estimate of drug-likeness (QED) is 0.925. The summed E-state index contributed by atoms with van der Waals surface area (Å²) in [6.45, 7) is 0.887. The van der Waals surface area contributed by atoms with Gasteiger partial charge in [-0.1, -0.05) is 12.1 Å². The predicted octanol–water partition coefficient (Wildman–Crippen LogP) is 2.81. The van der Waals surface area contributed by atoms with Crippen molar-refractivity contribution in [1.29, 1.82) is 0 Å². The molecule has 1 saturated heterocycles. The van der Waals surface area contributed by atoms with Crippen molar-refractivity contribution in [2.24, 2.45) is 0 Å². The van der Waals surface area contributed by atoms with Crippen molar-refractivity contribution in [3.63, 3.8) is 0 Å². The van der Waals surface area contributed by atoms with Gasteiger partial charge in [-0.15, -0.1) is 0 Å². The first-order valence-corrected chi connectivity index (χ1v) is 8.51. The molecule has 21 heavy (non-hydrogen) atoms. The van der Waals surface area contributed by atoms with Crippen LogP contribution in [0.2, 0.25) is 0 Å². The first kappa shape index (κ1) is 13.3. The number of piperidine rings is 1. The molecule has 1 amide bonds. The zero-order valence-electron chi connectivity index (χ0n) is 12.6. The summed E-state index contributed by atoms with van der Waals surface area (Å²) in [5.74, 6) is 0.298. The topological polar surface area (TPSA) is 32.3 Å². The number of fused-ring (bicyclic) bond motifs is 1. The number of rotatable bonds is 3. The number of aryl methyl sites for hydroxylation is 1. The Morgan fingerprint density at radius 1 is 1.05 bits per heavy atom. The zero-order valence-corrected chi connectivity index (χ0v) is 12.6. The van der Waals surface area contributed by atoms with E-state index < -0.39 is 0 Å². The second kappa shape index (κ2) is 5.45. The molecule has 0 aromatic heterocycles. The molecule has 1 unspecified atom stereocenters. The van der Waals surface area contributed by atoms with Crippen LogP contribution in [0.4, 0.5) is 5.69 Å². The fourth-order valence-electron chi connectivity index (χ4n) is 3.82. The molecule has 1 aromatic rings. The van der Waals surface area contributed by atoms with Crippen LogP contribution < -0.4 is 10.2 Å². The maximum atomic E-state index is 12.8. The number of nitrogens with one attached hydrogen (secondary N) is 1. The van der Waals surface area contributed by atoms with Gasteiger partial charge in [0.2, 0.25) is 5.91 Å². The molecule has 1 aliphatic heterocycles. The van der Waals surface area contributed by atoms with E-state index in [4.69, 9.17) is 0 Å². The molecule has 2 fully saturated rings. The average molecular weight is 284 g/mol. The SMILES string of the molecule is O=C1C(NC2CC2)CCCN1c1cccc2c1CCCC2. The molecule has 3 heteroatoms. The first-order valence-electron chi connectivity index (χ1n) is 8.51. The molecule has 1 aromatic carbocycles. The molecule has 0 spiro atoms. The minimum atomic E-state index is 0.0469. The molecule has 1 atom stereocenters. The Morgan fingerprint density at radius 2 is 1.90 bits per heavy atom. The van der Waals surface area contributed by atoms with E-state index in [2.05, 4.69) is 28.4 Å². The van der Waals surface area contributed by atoms with Gasteiger partial charge in [0.15, 0.2) is 0 Å². The number of carbonyl (C=O) groups excluding carboxylic acids is 1. The fraction of sp³-hybridized carbons (Fsp3) is 0.611. The highest BCUT2D eigenvalue weighted by Crippen LogP contribution is 2.33. The Kier molecular flexibility index (Phi) is 3.46. The summed E-state index contributed by atoms with van der Waals surface area (Å²) < 4.78 is 0. The van der Waals surface area contributed by atoms with Crippen molar-refractivity contribution >= 4 is 11.6 Å². The molecular weight excluding hydrogens is 260 g/mol. The molecule has 0 bridgehead atoms. The Bertz CT molecular complexity index is 550. The number of amides is 1. The van der Waals surface area contributed by atoms with Gasteiger partial charge >= 0.3 is 0 Å². The van der Waals surface area contributed by atoms with Crippen LogP contribution in [0.5, 0.6) is 0 Å². The average Bonchev–Trinajstić information content (AvgIpc) is 3.33. The lowest BCUT2D eigenvalue weighted by atomic mass is 9.89. The van der Waals surface area contributed by atoms with Crippen LogP contribution >= 0.6 is 0 Å². The highest BCUT2D eigenvalue weighted by Gasteiger charge is 2.34. The molecular formula is C18H24N2O. The van der Waals surface area contributed by atoms with Crippen molar-refractivity contribution in [2.75, 3.05) is 11.4 Å². The van der Waals surface area contributed by atoms with Gasteiger partial charge in [0.1, 0.15) is 0 Å². The van der Waals surface area contributed by atoms with Gasteiger partial charge < -0.3 is 10.2 Å². The third kappa shape index (κ3) is 2.59. The van der Waals surface area contributed by atoms with Crippen LogP contribution in [0.1, 0.15) is 49.7 Å². The van der Waals surface area contributed by atoms with Gasteiger partial charge in [0, 0.05) is 18.3 Å². The molecule has 1 heterocycles. The molecule has 1 saturated carbocycles. The van der Waals surface area contributed by atoms with E-state index in [9.17, 15) is 4.79 Å². The smallest absolute Gasteiger partial charge is 0.244 e. The van der Waals surface area contributed by atoms with E-state index in [1.807, 2.05) is 0 Å². The monoisotopic (exact) mass is 284 g/mol. The van der Waals surface area contributed by atoms with E-state index >= 15 is 0 Å².